The van der Waals surface area contributed by atoms with E-state index in [9.17, 15) is 4.79 Å². The van der Waals surface area contributed by atoms with Gasteiger partial charge in [0.05, 0.1) is 12.9 Å². The van der Waals surface area contributed by atoms with Crippen molar-refractivity contribution in [1.82, 2.24) is 14.9 Å². The number of hydrogen-bond acceptors (Lipinski definition) is 3. The molecule has 0 saturated carbocycles. The molecule has 100 valence electrons. The van der Waals surface area contributed by atoms with Crippen molar-refractivity contribution in [2.24, 2.45) is 0 Å². The smallest absolute Gasteiger partial charge is 0.219 e. The molecule has 5 nitrogen and oxygen atoms in total. The summed E-state index contributed by atoms with van der Waals surface area (Å²) in [5.74, 6) is 0.827. The van der Waals surface area contributed by atoms with Gasteiger partial charge in [-0.15, -0.1) is 0 Å². The fraction of sp³-hybridized carbons (Fsp3) is 0.286. The van der Waals surface area contributed by atoms with Gasteiger partial charge in [0.15, 0.2) is 0 Å². The van der Waals surface area contributed by atoms with Crippen LogP contribution in [0.2, 0.25) is 0 Å². The number of nitrogens with one attached hydrogen (secondary N) is 1. The molecule has 1 N–H and O–H groups in total. The Balaban J connectivity index is 1.81. The Morgan fingerprint density at radius 3 is 2.79 bits per heavy atom. The summed E-state index contributed by atoms with van der Waals surface area (Å²) in [6, 6.07) is 7.72. The van der Waals surface area contributed by atoms with Crippen molar-refractivity contribution in [3.63, 3.8) is 0 Å². The number of benzene rings is 1. The standard InChI is InChI=1S/C14H17N3O2/c1-2-14(18)16-8-10-19-13-5-3-12(4-6-13)17-9-7-15-11-17/h3-7,9,11H,2,8,10H2,1H3,(H,16,18). The zero-order chi connectivity index (χ0) is 13.5. The molecule has 5 heteroatoms. The first kappa shape index (κ1) is 13.1. The fourth-order valence-corrected chi connectivity index (χ4v) is 1.61. The minimum atomic E-state index is 0.0408. The molecular formula is C14H17N3O2. The second-order valence-corrected chi connectivity index (χ2v) is 4.02. The number of imidazole rings is 1. The van der Waals surface area contributed by atoms with Crippen molar-refractivity contribution in [2.75, 3.05) is 13.2 Å². The fourth-order valence-electron chi connectivity index (χ4n) is 1.61. The highest BCUT2D eigenvalue weighted by molar-refractivity contribution is 5.75. The molecule has 0 atom stereocenters. The number of rotatable bonds is 6. The summed E-state index contributed by atoms with van der Waals surface area (Å²) in [6.07, 6.45) is 5.87. The molecule has 1 aromatic carbocycles. The van der Waals surface area contributed by atoms with E-state index in [0.717, 1.165) is 11.4 Å². The molecule has 2 rings (SSSR count). The molecule has 19 heavy (non-hydrogen) atoms. The number of carbonyl (C=O) groups is 1. The van der Waals surface area contributed by atoms with Crippen LogP contribution in [0.1, 0.15) is 13.3 Å². The Hall–Kier alpha value is -2.30. The molecule has 1 heterocycles. The van der Waals surface area contributed by atoms with Gasteiger partial charge in [-0.05, 0) is 24.3 Å². The maximum Gasteiger partial charge on any atom is 0.219 e. The van der Waals surface area contributed by atoms with Gasteiger partial charge < -0.3 is 14.6 Å². The lowest BCUT2D eigenvalue weighted by atomic mass is 10.3. The molecule has 0 unspecified atom stereocenters. The monoisotopic (exact) mass is 259 g/mol. The van der Waals surface area contributed by atoms with Crippen molar-refractivity contribution in [1.29, 1.82) is 0 Å². The summed E-state index contributed by atoms with van der Waals surface area (Å²) in [7, 11) is 0. The zero-order valence-electron chi connectivity index (χ0n) is 10.9. The molecule has 1 aromatic heterocycles. The lowest BCUT2D eigenvalue weighted by Crippen LogP contribution is -2.27. The van der Waals surface area contributed by atoms with Crippen molar-refractivity contribution in [3.8, 4) is 11.4 Å². The van der Waals surface area contributed by atoms with E-state index in [1.54, 1.807) is 12.5 Å². The van der Waals surface area contributed by atoms with E-state index < -0.39 is 0 Å². The van der Waals surface area contributed by atoms with Gasteiger partial charge in [0.25, 0.3) is 0 Å². The molecule has 2 aromatic rings. The normalized spacial score (nSPS) is 10.2. The van der Waals surface area contributed by atoms with Gasteiger partial charge in [0.1, 0.15) is 12.4 Å². The summed E-state index contributed by atoms with van der Waals surface area (Å²) >= 11 is 0. The summed E-state index contributed by atoms with van der Waals surface area (Å²) < 4.78 is 7.46. The Morgan fingerprint density at radius 2 is 2.16 bits per heavy atom. The lowest BCUT2D eigenvalue weighted by molar-refractivity contribution is -0.120. The highest BCUT2D eigenvalue weighted by atomic mass is 16.5. The third-order valence-corrected chi connectivity index (χ3v) is 2.65. The van der Waals surface area contributed by atoms with Gasteiger partial charge in [-0.25, -0.2) is 4.98 Å². The molecule has 0 saturated heterocycles. The van der Waals surface area contributed by atoms with E-state index in [4.69, 9.17) is 4.74 Å². The topological polar surface area (TPSA) is 56.1 Å². The van der Waals surface area contributed by atoms with Crippen LogP contribution in [0.4, 0.5) is 0 Å². The van der Waals surface area contributed by atoms with E-state index in [1.807, 2.05) is 42.0 Å². The quantitative estimate of drug-likeness (QED) is 0.804. The number of ether oxygens (including phenoxy) is 1. The summed E-state index contributed by atoms with van der Waals surface area (Å²) in [4.78, 5) is 15.0. The van der Waals surface area contributed by atoms with E-state index >= 15 is 0 Å². The zero-order valence-corrected chi connectivity index (χ0v) is 10.9. The SMILES string of the molecule is CCC(=O)NCCOc1ccc(-n2ccnc2)cc1. The second-order valence-electron chi connectivity index (χ2n) is 4.02. The lowest BCUT2D eigenvalue weighted by Gasteiger charge is -2.08. The number of aromatic nitrogens is 2. The number of nitrogens with zero attached hydrogens (tertiary/aromatic N) is 2. The number of hydrogen-bond donors (Lipinski definition) is 1. The van der Waals surface area contributed by atoms with Crippen LogP contribution >= 0.6 is 0 Å². The Morgan fingerprint density at radius 1 is 1.37 bits per heavy atom. The first-order chi connectivity index (χ1) is 9.29. The summed E-state index contributed by atoms with van der Waals surface area (Å²) in [5.41, 5.74) is 1.03. The van der Waals surface area contributed by atoms with E-state index in [1.165, 1.54) is 0 Å². The van der Waals surface area contributed by atoms with Crippen LogP contribution in [-0.2, 0) is 4.79 Å². The Bertz CT molecular complexity index is 506. The molecule has 1 amide bonds. The van der Waals surface area contributed by atoms with Gasteiger partial charge in [-0.3, -0.25) is 4.79 Å². The van der Waals surface area contributed by atoms with Gasteiger partial charge in [-0.2, -0.15) is 0 Å². The van der Waals surface area contributed by atoms with Crippen molar-refractivity contribution >= 4 is 5.91 Å². The molecule has 0 aliphatic carbocycles. The van der Waals surface area contributed by atoms with E-state index in [2.05, 4.69) is 10.3 Å². The third-order valence-electron chi connectivity index (χ3n) is 2.65. The van der Waals surface area contributed by atoms with Crippen LogP contribution in [0.15, 0.2) is 43.0 Å². The molecule has 0 spiro atoms. The summed E-state index contributed by atoms with van der Waals surface area (Å²) in [5, 5.41) is 2.76. The third kappa shape index (κ3) is 3.84. The van der Waals surface area contributed by atoms with Crippen molar-refractivity contribution < 1.29 is 9.53 Å². The van der Waals surface area contributed by atoms with Crippen LogP contribution in [0.3, 0.4) is 0 Å². The van der Waals surface area contributed by atoms with Crippen molar-refractivity contribution in [2.45, 2.75) is 13.3 Å². The Labute approximate surface area is 112 Å². The van der Waals surface area contributed by atoms with E-state index in [-0.39, 0.29) is 5.91 Å². The molecule has 0 bridgehead atoms. The van der Waals surface area contributed by atoms with E-state index in [0.29, 0.717) is 19.6 Å². The van der Waals surface area contributed by atoms with Crippen LogP contribution in [0.25, 0.3) is 5.69 Å². The Kier molecular flexibility index (Phi) is 4.55. The predicted octanol–water partition coefficient (Wildman–Crippen LogP) is 1.78. The van der Waals surface area contributed by atoms with Gasteiger partial charge in [0.2, 0.25) is 5.91 Å². The highest BCUT2D eigenvalue weighted by Crippen LogP contribution is 2.14. The predicted molar refractivity (Wildman–Crippen MR) is 72.4 cm³/mol. The number of carbonyl (C=O) groups excluding carboxylic acids is 1. The molecule has 0 aliphatic heterocycles. The first-order valence-corrected chi connectivity index (χ1v) is 6.27. The molecule has 0 aliphatic rings. The minimum Gasteiger partial charge on any atom is -0.492 e. The highest BCUT2D eigenvalue weighted by Gasteiger charge is 1.98. The maximum absolute atomic E-state index is 11.0. The minimum absolute atomic E-state index is 0.0408. The first-order valence-electron chi connectivity index (χ1n) is 6.27. The van der Waals surface area contributed by atoms with Crippen LogP contribution < -0.4 is 10.1 Å². The van der Waals surface area contributed by atoms with Gasteiger partial charge in [-0.1, -0.05) is 6.92 Å². The number of amides is 1. The maximum atomic E-state index is 11.0. The van der Waals surface area contributed by atoms with Gasteiger partial charge in [0, 0.05) is 24.5 Å². The summed E-state index contributed by atoms with van der Waals surface area (Å²) in [6.45, 7) is 2.82. The molecule has 0 radical (unpaired) electrons. The molecule has 0 fully saturated rings. The molecular weight excluding hydrogens is 242 g/mol. The largest absolute Gasteiger partial charge is 0.492 e. The average Bonchev–Trinajstić information content (AvgIpc) is 2.98. The van der Waals surface area contributed by atoms with Crippen molar-refractivity contribution in [3.05, 3.63) is 43.0 Å². The second kappa shape index (κ2) is 6.58. The van der Waals surface area contributed by atoms with Crippen LogP contribution in [0, 0.1) is 0 Å². The van der Waals surface area contributed by atoms with Gasteiger partial charge >= 0.3 is 0 Å². The van der Waals surface area contributed by atoms with Crippen LogP contribution in [0.5, 0.6) is 5.75 Å². The average molecular weight is 259 g/mol. The van der Waals surface area contributed by atoms with Crippen LogP contribution in [-0.4, -0.2) is 28.6 Å².